The van der Waals surface area contributed by atoms with Gasteiger partial charge in [0, 0.05) is 37.3 Å². The number of aromatic nitrogens is 3. The van der Waals surface area contributed by atoms with Crippen molar-refractivity contribution in [2.24, 2.45) is 0 Å². The second kappa shape index (κ2) is 7.93. The molecule has 0 spiro atoms. The second-order valence-corrected chi connectivity index (χ2v) is 8.19. The van der Waals surface area contributed by atoms with Gasteiger partial charge in [0.1, 0.15) is 21.7 Å². The number of carbonyl (C=O) groups is 1. The number of benzene rings is 1. The van der Waals surface area contributed by atoms with Crippen LogP contribution in [0.3, 0.4) is 0 Å². The highest BCUT2D eigenvalue weighted by molar-refractivity contribution is 7.17. The van der Waals surface area contributed by atoms with Crippen LogP contribution in [0.25, 0.3) is 21.7 Å². The van der Waals surface area contributed by atoms with Crippen molar-refractivity contribution in [2.45, 2.75) is 6.04 Å². The van der Waals surface area contributed by atoms with Crippen LogP contribution in [-0.2, 0) is 0 Å². The van der Waals surface area contributed by atoms with Gasteiger partial charge in [0.25, 0.3) is 11.5 Å². The normalized spacial score (nSPS) is 16.5. The number of rotatable bonds is 3. The molecule has 4 aromatic rings. The Balaban J connectivity index is 1.47. The van der Waals surface area contributed by atoms with E-state index >= 15 is 0 Å². The molecule has 3 aromatic heterocycles. The van der Waals surface area contributed by atoms with Crippen molar-refractivity contribution in [1.29, 1.82) is 0 Å². The van der Waals surface area contributed by atoms with E-state index in [4.69, 9.17) is 0 Å². The van der Waals surface area contributed by atoms with Gasteiger partial charge in [-0.15, -0.1) is 11.3 Å². The largest absolute Gasteiger partial charge is 0.508 e. The first-order valence-electron chi connectivity index (χ1n) is 9.84. The summed E-state index contributed by atoms with van der Waals surface area (Å²) >= 11 is 1.22. The number of carbonyl (C=O) groups excluding carboxylic acids is 1. The first-order chi connectivity index (χ1) is 15.1. The molecule has 0 bridgehead atoms. The van der Waals surface area contributed by atoms with Crippen LogP contribution in [0, 0.1) is 0 Å². The molecule has 1 aliphatic rings. The van der Waals surface area contributed by atoms with E-state index in [0.717, 1.165) is 5.56 Å². The van der Waals surface area contributed by atoms with Crippen LogP contribution < -0.4 is 10.9 Å². The van der Waals surface area contributed by atoms with Gasteiger partial charge in [0.15, 0.2) is 5.82 Å². The van der Waals surface area contributed by atoms with Crippen molar-refractivity contribution in [3.63, 3.8) is 0 Å². The highest BCUT2D eigenvalue weighted by Gasteiger charge is 2.27. The Hall–Kier alpha value is -3.56. The van der Waals surface area contributed by atoms with Crippen molar-refractivity contribution in [3.8, 4) is 17.3 Å². The summed E-state index contributed by atoms with van der Waals surface area (Å²) in [6.45, 7) is 1.69. The smallest absolute Gasteiger partial charge is 0.269 e. The Morgan fingerprint density at radius 2 is 2.03 bits per heavy atom. The summed E-state index contributed by atoms with van der Waals surface area (Å²) in [5.74, 6) is 0.395. The van der Waals surface area contributed by atoms with Crippen LogP contribution >= 0.6 is 11.3 Å². The SMILES string of the molecule is O=C(c1csc2c(=O)[nH]c(-c3ccccn3)nc12)N1CCNC(c2ccc(O)cc2)C1. The Morgan fingerprint density at radius 1 is 1.19 bits per heavy atom. The molecule has 5 rings (SSSR count). The summed E-state index contributed by atoms with van der Waals surface area (Å²) in [5, 5.41) is 14.6. The topological polar surface area (TPSA) is 111 Å². The van der Waals surface area contributed by atoms with Gasteiger partial charge in [-0.3, -0.25) is 14.6 Å². The molecule has 156 valence electrons. The maximum atomic E-state index is 13.4. The minimum absolute atomic E-state index is 0.0383. The summed E-state index contributed by atoms with van der Waals surface area (Å²) in [6, 6.07) is 12.3. The molecule has 0 radical (unpaired) electrons. The molecule has 9 heteroatoms. The van der Waals surface area contributed by atoms with Crippen molar-refractivity contribution < 1.29 is 9.90 Å². The van der Waals surface area contributed by atoms with E-state index in [1.165, 1.54) is 11.3 Å². The zero-order valence-corrected chi connectivity index (χ0v) is 17.2. The van der Waals surface area contributed by atoms with Gasteiger partial charge in [-0.05, 0) is 29.8 Å². The number of phenolic OH excluding ortho intramolecular Hbond substituents is 1. The number of thiophene rings is 1. The fourth-order valence-electron chi connectivity index (χ4n) is 3.74. The minimum atomic E-state index is -0.281. The predicted molar refractivity (Wildman–Crippen MR) is 118 cm³/mol. The molecular weight excluding hydrogens is 414 g/mol. The first-order valence-corrected chi connectivity index (χ1v) is 10.7. The Labute approximate surface area is 181 Å². The molecule has 3 N–H and O–H groups in total. The second-order valence-electron chi connectivity index (χ2n) is 7.31. The molecule has 1 aliphatic heterocycles. The van der Waals surface area contributed by atoms with E-state index in [0.29, 0.717) is 46.9 Å². The van der Waals surface area contributed by atoms with Gasteiger partial charge in [0.2, 0.25) is 0 Å². The van der Waals surface area contributed by atoms with Crippen molar-refractivity contribution in [3.05, 3.63) is 75.5 Å². The standard InChI is InChI=1S/C22H19N5O3S/c28-14-6-4-13(5-7-14)17-11-27(10-9-24-17)22(30)15-12-31-19-18(15)25-20(26-21(19)29)16-3-1-2-8-23-16/h1-8,12,17,24,28H,9-11H2,(H,25,26,29). The number of amides is 1. The highest BCUT2D eigenvalue weighted by Crippen LogP contribution is 2.26. The summed E-state index contributed by atoms with van der Waals surface area (Å²) in [4.78, 5) is 39.3. The van der Waals surface area contributed by atoms with E-state index in [1.54, 1.807) is 40.7 Å². The summed E-state index contributed by atoms with van der Waals surface area (Å²) in [7, 11) is 0. The Bertz CT molecular complexity index is 1300. The predicted octanol–water partition coefficient (Wildman–Crippen LogP) is 2.54. The van der Waals surface area contributed by atoms with Gasteiger partial charge in [0.05, 0.1) is 5.56 Å². The van der Waals surface area contributed by atoms with Crippen molar-refractivity contribution in [2.75, 3.05) is 19.6 Å². The number of fused-ring (bicyclic) bond motifs is 1. The summed E-state index contributed by atoms with van der Waals surface area (Å²) in [5.41, 5.74) is 2.09. The lowest BCUT2D eigenvalue weighted by atomic mass is 10.0. The molecule has 1 saturated heterocycles. The zero-order chi connectivity index (χ0) is 21.4. The molecule has 1 unspecified atom stereocenters. The molecule has 4 heterocycles. The number of hydrogen-bond donors (Lipinski definition) is 3. The number of hydrogen-bond acceptors (Lipinski definition) is 7. The molecule has 0 aliphatic carbocycles. The highest BCUT2D eigenvalue weighted by atomic mass is 32.1. The summed E-state index contributed by atoms with van der Waals surface area (Å²) < 4.78 is 0.424. The van der Waals surface area contributed by atoms with Gasteiger partial charge in [-0.2, -0.15) is 0 Å². The number of pyridine rings is 1. The third-order valence-electron chi connectivity index (χ3n) is 5.32. The molecular formula is C22H19N5O3S. The third-order valence-corrected chi connectivity index (χ3v) is 6.29. The van der Waals surface area contributed by atoms with Crippen molar-refractivity contribution >= 4 is 27.5 Å². The maximum absolute atomic E-state index is 13.4. The van der Waals surface area contributed by atoms with Gasteiger partial charge < -0.3 is 20.3 Å². The number of piperazine rings is 1. The lowest BCUT2D eigenvalue weighted by Crippen LogP contribution is -2.48. The third kappa shape index (κ3) is 3.69. The molecule has 1 fully saturated rings. The molecule has 1 atom stereocenters. The van der Waals surface area contributed by atoms with E-state index < -0.39 is 0 Å². The minimum Gasteiger partial charge on any atom is -0.508 e. The number of nitrogens with zero attached hydrogens (tertiary/aromatic N) is 3. The number of aromatic amines is 1. The van der Waals surface area contributed by atoms with Crippen LogP contribution in [0.4, 0.5) is 0 Å². The van der Waals surface area contributed by atoms with Crippen LogP contribution in [-0.4, -0.2) is 50.5 Å². The van der Waals surface area contributed by atoms with E-state index in [9.17, 15) is 14.7 Å². The number of aromatic hydroxyl groups is 1. The van der Waals surface area contributed by atoms with E-state index in [2.05, 4.69) is 20.3 Å². The number of H-pyrrole nitrogens is 1. The van der Waals surface area contributed by atoms with E-state index in [-0.39, 0.29) is 23.3 Å². The molecule has 1 aromatic carbocycles. The van der Waals surface area contributed by atoms with Gasteiger partial charge in [-0.1, -0.05) is 18.2 Å². The Kier molecular flexibility index (Phi) is 4.97. The fraction of sp³-hybridized carbons (Fsp3) is 0.182. The maximum Gasteiger partial charge on any atom is 0.269 e. The monoisotopic (exact) mass is 433 g/mol. The van der Waals surface area contributed by atoms with Crippen molar-refractivity contribution in [1.82, 2.24) is 25.2 Å². The summed E-state index contributed by atoms with van der Waals surface area (Å²) in [6.07, 6.45) is 1.63. The van der Waals surface area contributed by atoms with Crippen LogP contribution in [0.1, 0.15) is 22.0 Å². The molecule has 1 amide bonds. The molecule has 0 saturated carbocycles. The zero-order valence-electron chi connectivity index (χ0n) is 16.4. The first kappa shape index (κ1) is 19.4. The van der Waals surface area contributed by atoms with E-state index in [1.807, 2.05) is 18.2 Å². The fourth-order valence-corrected chi connectivity index (χ4v) is 4.61. The average molecular weight is 433 g/mol. The van der Waals surface area contributed by atoms with Crippen LogP contribution in [0.2, 0.25) is 0 Å². The Morgan fingerprint density at radius 3 is 2.81 bits per heavy atom. The van der Waals surface area contributed by atoms with Gasteiger partial charge >= 0.3 is 0 Å². The average Bonchev–Trinajstić information content (AvgIpc) is 3.24. The molecule has 8 nitrogen and oxygen atoms in total. The lowest BCUT2D eigenvalue weighted by molar-refractivity contribution is 0.0705. The number of nitrogens with one attached hydrogen (secondary N) is 2. The quantitative estimate of drug-likeness (QED) is 0.458. The van der Waals surface area contributed by atoms with Crippen LogP contribution in [0.5, 0.6) is 5.75 Å². The molecule has 31 heavy (non-hydrogen) atoms. The lowest BCUT2D eigenvalue weighted by Gasteiger charge is -2.34. The van der Waals surface area contributed by atoms with Gasteiger partial charge in [-0.25, -0.2) is 4.98 Å². The number of phenols is 1. The van der Waals surface area contributed by atoms with Crippen LogP contribution in [0.15, 0.2) is 58.8 Å².